The minimum absolute atomic E-state index is 0.337. The Kier molecular flexibility index (Phi) is 4.59. The summed E-state index contributed by atoms with van der Waals surface area (Å²) in [6.45, 7) is 2.55. The zero-order valence-corrected chi connectivity index (χ0v) is 11.7. The van der Waals surface area contributed by atoms with Gasteiger partial charge < -0.3 is 11.5 Å². The molecule has 0 saturated heterocycles. The van der Waals surface area contributed by atoms with E-state index < -0.39 is 0 Å². The third-order valence-electron chi connectivity index (χ3n) is 4.35. The van der Waals surface area contributed by atoms with Crippen LogP contribution in [0.5, 0.6) is 0 Å². The van der Waals surface area contributed by atoms with E-state index in [0.717, 1.165) is 5.56 Å². The summed E-state index contributed by atoms with van der Waals surface area (Å²) in [4.78, 5) is 11.5. The molecule has 104 valence electrons. The van der Waals surface area contributed by atoms with Gasteiger partial charge in [0.25, 0.3) is 0 Å². The van der Waals surface area contributed by atoms with Crippen molar-refractivity contribution in [1.29, 1.82) is 0 Å². The molecule has 1 aromatic rings. The standard InChI is InChI=1S/C16H24N2O/c1-11-14(16(18)19)9-8-13(10-17)15(11)12-6-4-2-3-5-7-12/h8-9,12H,2-7,10,17H2,1H3,(H2,18,19). The molecule has 1 fully saturated rings. The molecule has 0 aromatic heterocycles. The Hall–Kier alpha value is -1.35. The SMILES string of the molecule is Cc1c(C(N)=O)ccc(CN)c1C1CCCCCC1. The maximum Gasteiger partial charge on any atom is 0.248 e. The molecule has 0 unspecified atom stereocenters. The zero-order chi connectivity index (χ0) is 13.8. The van der Waals surface area contributed by atoms with Crippen molar-refractivity contribution in [2.45, 2.75) is 57.9 Å². The Morgan fingerprint density at radius 2 is 1.84 bits per heavy atom. The highest BCUT2D eigenvalue weighted by atomic mass is 16.1. The summed E-state index contributed by atoms with van der Waals surface area (Å²) in [6.07, 6.45) is 7.60. The van der Waals surface area contributed by atoms with Crippen LogP contribution in [0.3, 0.4) is 0 Å². The van der Waals surface area contributed by atoms with Gasteiger partial charge in [-0.2, -0.15) is 0 Å². The molecular formula is C16H24N2O. The lowest BCUT2D eigenvalue weighted by molar-refractivity contribution is 0.0999. The van der Waals surface area contributed by atoms with Crippen LogP contribution in [-0.2, 0) is 6.54 Å². The van der Waals surface area contributed by atoms with E-state index in [1.54, 1.807) is 0 Å². The first-order valence-electron chi connectivity index (χ1n) is 7.27. The molecule has 1 aliphatic rings. The van der Waals surface area contributed by atoms with Gasteiger partial charge in [-0.05, 0) is 48.4 Å². The Morgan fingerprint density at radius 3 is 2.37 bits per heavy atom. The van der Waals surface area contributed by atoms with Crippen LogP contribution in [0.25, 0.3) is 0 Å². The molecule has 0 bridgehead atoms. The van der Waals surface area contributed by atoms with Crippen LogP contribution in [-0.4, -0.2) is 5.91 Å². The molecule has 3 heteroatoms. The van der Waals surface area contributed by atoms with E-state index in [1.807, 2.05) is 19.1 Å². The van der Waals surface area contributed by atoms with E-state index in [1.165, 1.54) is 49.7 Å². The molecule has 4 N–H and O–H groups in total. The van der Waals surface area contributed by atoms with Crippen molar-refractivity contribution in [3.05, 3.63) is 34.4 Å². The minimum Gasteiger partial charge on any atom is -0.366 e. The van der Waals surface area contributed by atoms with Gasteiger partial charge in [0, 0.05) is 12.1 Å². The minimum atomic E-state index is -0.337. The van der Waals surface area contributed by atoms with Crippen LogP contribution in [0.4, 0.5) is 0 Å². The van der Waals surface area contributed by atoms with Crippen LogP contribution in [0.15, 0.2) is 12.1 Å². The predicted molar refractivity (Wildman–Crippen MR) is 78.0 cm³/mol. The fourth-order valence-electron chi connectivity index (χ4n) is 3.37. The normalized spacial score (nSPS) is 17.2. The predicted octanol–water partition coefficient (Wildman–Crippen LogP) is 2.99. The molecule has 1 aromatic carbocycles. The number of benzene rings is 1. The summed E-state index contributed by atoms with van der Waals surface area (Å²) in [5.74, 6) is 0.205. The van der Waals surface area contributed by atoms with Crippen molar-refractivity contribution in [2.24, 2.45) is 11.5 Å². The molecule has 1 aliphatic carbocycles. The van der Waals surface area contributed by atoms with Crippen LogP contribution >= 0.6 is 0 Å². The Balaban J connectivity index is 2.45. The number of rotatable bonds is 3. The van der Waals surface area contributed by atoms with Crippen molar-refractivity contribution >= 4 is 5.91 Å². The number of hydrogen-bond donors (Lipinski definition) is 2. The van der Waals surface area contributed by atoms with Crippen molar-refractivity contribution in [3.8, 4) is 0 Å². The number of carbonyl (C=O) groups excluding carboxylic acids is 1. The molecule has 1 amide bonds. The van der Waals surface area contributed by atoms with Crippen LogP contribution < -0.4 is 11.5 Å². The van der Waals surface area contributed by atoms with Gasteiger partial charge in [-0.3, -0.25) is 4.79 Å². The van der Waals surface area contributed by atoms with E-state index in [-0.39, 0.29) is 5.91 Å². The van der Waals surface area contributed by atoms with Crippen LogP contribution in [0.2, 0.25) is 0 Å². The molecule has 0 atom stereocenters. The highest BCUT2D eigenvalue weighted by Crippen LogP contribution is 2.36. The Labute approximate surface area is 115 Å². The van der Waals surface area contributed by atoms with Crippen molar-refractivity contribution in [1.82, 2.24) is 0 Å². The van der Waals surface area contributed by atoms with Crippen LogP contribution in [0, 0.1) is 6.92 Å². The lowest BCUT2D eigenvalue weighted by Crippen LogP contribution is -2.17. The van der Waals surface area contributed by atoms with Gasteiger partial charge in [0.15, 0.2) is 0 Å². The first kappa shape index (κ1) is 14.1. The third kappa shape index (κ3) is 2.98. The van der Waals surface area contributed by atoms with Crippen molar-refractivity contribution in [2.75, 3.05) is 0 Å². The maximum absolute atomic E-state index is 11.5. The molecular weight excluding hydrogens is 236 g/mol. The summed E-state index contributed by atoms with van der Waals surface area (Å²) in [5, 5.41) is 0. The van der Waals surface area contributed by atoms with Gasteiger partial charge in [-0.1, -0.05) is 31.7 Å². The van der Waals surface area contributed by atoms with Crippen molar-refractivity contribution < 1.29 is 4.79 Å². The summed E-state index contributed by atoms with van der Waals surface area (Å²) in [6, 6.07) is 3.80. The molecule has 1 saturated carbocycles. The second-order valence-electron chi connectivity index (χ2n) is 5.57. The average molecular weight is 260 g/mol. The molecule has 0 heterocycles. The Bertz CT molecular complexity index is 460. The first-order valence-corrected chi connectivity index (χ1v) is 7.27. The largest absolute Gasteiger partial charge is 0.366 e. The van der Waals surface area contributed by atoms with E-state index in [4.69, 9.17) is 11.5 Å². The van der Waals surface area contributed by atoms with E-state index in [9.17, 15) is 4.79 Å². The highest BCUT2D eigenvalue weighted by Gasteiger charge is 2.21. The van der Waals surface area contributed by atoms with Gasteiger partial charge in [-0.15, -0.1) is 0 Å². The highest BCUT2D eigenvalue weighted by molar-refractivity contribution is 5.94. The van der Waals surface area contributed by atoms with Gasteiger partial charge >= 0.3 is 0 Å². The number of nitrogens with two attached hydrogens (primary N) is 2. The van der Waals surface area contributed by atoms with Gasteiger partial charge in [0.2, 0.25) is 5.91 Å². The number of carbonyl (C=O) groups is 1. The molecule has 3 nitrogen and oxygen atoms in total. The second kappa shape index (κ2) is 6.20. The summed E-state index contributed by atoms with van der Waals surface area (Å²) < 4.78 is 0. The average Bonchev–Trinajstić information content (AvgIpc) is 2.66. The van der Waals surface area contributed by atoms with Crippen LogP contribution in [0.1, 0.15) is 71.5 Å². The fourth-order valence-corrected chi connectivity index (χ4v) is 3.37. The van der Waals surface area contributed by atoms with Gasteiger partial charge in [0.1, 0.15) is 0 Å². The quantitative estimate of drug-likeness (QED) is 0.820. The Morgan fingerprint density at radius 1 is 1.21 bits per heavy atom. The van der Waals surface area contributed by atoms with E-state index in [0.29, 0.717) is 18.0 Å². The van der Waals surface area contributed by atoms with Gasteiger partial charge in [-0.25, -0.2) is 0 Å². The summed E-state index contributed by atoms with van der Waals surface area (Å²) >= 11 is 0. The number of primary amides is 1. The zero-order valence-electron chi connectivity index (χ0n) is 11.7. The van der Waals surface area contributed by atoms with E-state index in [2.05, 4.69) is 0 Å². The molecule has 19 heavy (non-hydrogen) atoms. The second-order valence-corrected chi connectivity index (χ2v) is 5.57. The fraction of sp³-hybridized carbons (Fsp3) is 0.562. The topological polar surface area (TPSA) is 69.1 Å². The molecule has 0 aliphatic heterocycles. The lowest BCUT2D eigenvalue weighted by atomic mass is 9.83. The van der Waals surface area contributed by atoms with Gasteiger partial charge in [0.05, 0.1) is 0 Å². The number of amides is 1. The molecule has 0 radical (unpaired) electrons. The maximum atomic E-state index is 11.5. The molecule has 0 spiro atoms. The van der Waals surface area contributed by atoms with Crippen molar-refractivity contribution in [3.63, 3.8) is 0 Å². The third-order valence-corrected chi connectivity index (χ3v) is 4.35. The summed E-state index contributed by atoms with van der Waals surface area (Å²) in [7, 11) is 0. The van der Waals surface area contributed by atoms with E-state index >= 15 is 0 Å². The lowest BCUT2D eigenvalue weighted by Gasteiger charge is -2.22. The number of hydrogen-bond acceptors (Lipinski definition) is 2. The first-order chi connectivity index (χ1) is 9.15. The monoisotopic (exact) mass is 260 g/mol. The summed E-state index contributed by atoms with van der Waals surface area (Å²) in [5.41, 5.74) is 15.5. The molecule has 2 rings (SSSR count). The smallest absolute Gasteiger partial charge is 0.248 e.